The van der Waals surface area contributed by atoms with Gasteiger partial charge >= 0.3 is 5.97 Å². The molecule has 0 aliphatic carbocycles. The predicted octanol–water partition coefficient (Wildman–Crippen LogP) is 1.33. The Kier molecular flexibility index (Phi) is 2.61. The summed E-state index contributed by atoms with van der Waals surface area (Å²) in [5.41, 5.74) is 4.01. The van der Waals surface area contributed by atoms with Crippen molar-refractivity contribution in [2.24, 2.45) is 0 Å². The van der Waals surface area contributed by atoms with E-state index in [0.717, 1.165) is 36.4 Å². The Hall–Kier alpha value is -1.39. The van der Waals surface area contributed by atoms with Gasteiger partial charge in [-0.1, -0.05) is 6.07 Å². The third-order valence-corrected chi connectivity index (χ3v) is 3.48. The Morgan fingerprint density at radius 2 is 2.29 bits per heavy atom. The number of cyclic esters (lactones) is 1. The summed E-state index contributed by atoms with van der Waals surface area (Å²) in [6, 6.07) is 3.84. The van der Waals surface area contributed by atoms with Gasteiger partial charge in [-0.15, -0.1) is 0 Å². The molecule has 0 amide bonds. The van der Waals surface area contributed by atoms with E-state index in [0.29, 0.717) is 12.2 Å². The first-order chi connectivity index (χ1) is 8.27. The number of carbonyl (C=O) groups excluding carboxylic acids is 1. The van der Waals surface area contributed by atoms with Crippen molar-refractivity contribution in [3.8, 4) is 0 Å². The summed E-state index contributed by atoms with van der Waals surface area (Å²) in [5, 5.41) is 3.31. The molecule has 4 heteroatoms. The Bertz CT molecular complexity index is 464. The summed E-state index contributed by atoms with van der Waals surface area (Å²) in [4.78, 5) is 11.4. The number of benzene rings is 1. The molecule has 1 N–H and O–H groups in total. The summed E-state index contributed by atoms with van der Waals surface area (Å²) in [7, 11) is 0. The molecule has 0 radical (unpaired) electrons. The Morgan fingerprint density at radius 1 is 1.41 bits per heavy atom. The zero-order valence-electron chi connectivity index (χ0n) is 9.79. The van der Waals surface area contributed by atoms with Crippen molar-refractivity contribution in [3.63, 3.8) is 0 Å². The summed E-state index contributed by atoms with van der Waals surface area (Å²) >= 11 is 0. The number of rotatable bonds is 1. The standard InChI is InChI=1S/C13H15NO3/c1-8-9(12-6-14-4-5-16-12)2-3-10-11(8)7-17-13(10)15/h2-3,12,14H,4-7H2,1H3/t12-/m0/s1. The maximum Gasteiger partial charge on any atom is 0.338 e. The van der Waals surface area contributed by atoms with Gasteiger partial charge in [-0.25, -0.2) is 4.79 Å². The van der Waals surface area contributed by atoms with Gasteiger partial charge < -0.3 is 14.8 Å². The van der Waals surface area contributed by atoms with Crippen LogP contribution in [0.3, 0.4) is 0 Å². The van der Waals surface area contributed by atoms with Gasteiger partial charge in [0, 0.05) is 18.7 Å². The number of hydrogen-bond acceptors (Lipinski definition) is 4. The van der Waals surface area contributed by atoms with Crippen molar-refractivity contribution < 1.29 is 14.3 Å². The second-order valence-corrected chi connectivity index (χ2v) is 4.45. The third-order valence-electron chi connectivity index (χ3n) is 3.48. The van der Waals surface area contributed by atoms with Crippen LogP contribution in [-0.4, -0.2) is 25.7 Å². The first-order valence-electron chi connectivity index (χ1n) is 5.89. The average Bonchev–Trinajstić information content (AvgIpc) is 2.74. The topological polar surface area (TPSA) is 47.6 Å². The van der Waals surface area contributed by atoms with E-state index in [1.165, 1.54) is 0 Å². The molecule has 4 nitrogen and oxygen atoms in total. The van der Waals surface area contributed by atoms with Gasteiger partial charge in [-0.3, -0.25) is 0 Å². The fourth-order valence-corrected chi connectivity index (χ4v) is 2.48. The van der Waals surface area contributed by atoms with E-state index in [1.54, 1.807) is 0 Å². The molecule has 2 aliphatic heterocycles. The van der Waals surface area contributed by atoms with Gasteiger partial charge in [0.25, 0.3) is 0 Å². The maximum atomic E-state index is 11.4. The highest BCUT2D eigenvalue weighted by Crippen LogP contribution is 2.30. The normalized spacial score (nSPS) is 23.4. The van der Waals surface area contributed by atoms with Crippen LogP contribution in [0.15, 0.2) is 12.1 Å². The number of ether oxygens (including phenoxy) is 2. The minimum absolute atomic E-state index is 0.0877. The van der Waals surface area contributed by atoms with E-state index < -0.39 is 0 Å². The third kappa shape index (κ3) is 1.73. The van der Waals surface area contributed by atoms with Crippen LogP contribution in [0.2, 0.25) is 0 Å². The van der Waals surface area contributed by atoms with Crippen LogP contribution in [0.1, 0.15) is 33.2 Å². The summed E-state index contributed by atoms with van der Waals surface area (Å²) in [6.45, 7) is 4.90. The zero-order valence-corrected chi connectivity index (χ0v) is 9.79. The second-order valence-electron chi connectivity index (χ2n) is 4.45. The second kappa shape index (κ2) is 4.13. The van der Waals surface area contributed by atoms with E-state index in [9.17, 15) is 4.79 Å². The highest BCUT2D eigenvalue weighted by Gasteiger charge is 2.26. The van der Waals surface area contributed by atoms with Gasteiger partial charge in [-0.2, -0.15) is 0 Å². The fourth-order valence-electron chi connectivity index (χ4n) is 2.48. The quantitative estimate of drug-likeness (QED) is 0.743. The lowest BCUT2D eigenvalue weighted by Gasteiger charge is -2.25. The van der Waals surface area contributed by atoms with Crippen LogP contribution in [0.4, 0.5) is 0 Å². The first kappa shape index (κ1) is 10.7. The monoisotopic (exact) mass is 233 g/mol. The molecule has 0 aromatic heterocycles. The van der Waals surface area contributed by atoms with Crippen LogP contribution in [0.5, 0.6) is 0 Å². The molecule has 0 unspecified atom stereocenters. The lowest BCUT2D eigenvalue weighted by Crippen LogP contribution is -2.33. The van der Waals surface area contributed by atoms with E-state index >= 15 is 0 Å². The molecule has 1 aromatic rings. The largest absolute Gasteiger partial charge is 0.457 e. The summed E-state index contributed by atoms with van der Waals surface area (Å²) in [5.74, 6) is -0.211. The lowest BCUT2D eigenvalue weighted by molar-refractivity contribution is 0.0272. The number of carbonyl (C=O) groups is 1. The Labute approximate surface area is 99.9 Å². The van der Waals surface area contributed by atoms with Crippen LogP contribution in [0, 0.1) is 6.92 Å². The Balaban J connectivity index is 1.99. The highest BCUT2D eigenvalue weighted by atomic mass is 16.5. The van der Waals surface area contributed by atoms with Gasteiger partial charge in [-0.05, 0) is 24.1 Å². The van der Waals surface area contributed by atoms with Crippen LogP contribution in [0.25, 0.3) is 0 Å². The predicted molar refractivity (Wildman–Crippen MR) is 61.9 cm³/mol. The number of morpholine rings is 1. The molecular formula is C13H15NO3. The minimum atomic E-state index is -0.211. The van der Waals surface area contributed by atoms with Crippen LogP contribution < -0.4 is 5.32 Å². The molecule has 1 aromatic carbocycles. The lowest BCUT2D eigenvalue weighted by atomic mass is 9.95. The molecule has 1 fully saturated rings. The van der Waals surface area contributed by atoms with Crippen molar-refractivity contribution in [2.45, 2.75) is 19.6 Å². The molecular weight excluding hydrogens is 218 g/mol. The number of nitrogens with one attached hydrogen (secondary N) is 1. The molecule has 0 saturated carbocycles. The van der Waals surface area contributed by atoms with Crippen molar-refractivity contribution in [1.82, 2.24) is 5.32 Å². The van der Waals surface area contributed by atoms with E-state index in [1.807, 2.05) is 19.1 Å². The van der Waals surface area contributed by atoms with E-state index in [4.69, 9.17) is 9.47 Å². The molecule has 3 rings (SSSR count). The Morgan fingerprint density at radius 3 is 3.06 bits per heavy atom. The molecule has 0 spiro atoms. The molecule has 0 bridgehead atoms. The van der Waals surface area contributed by atoms with Crippen molar-refractivity contribution >= 4 is 5.97 Å². The van der Waals surface area contributed by atoms with Crippen LogP contribution >= 0.6 is 0 Å². The number of hydrogen-bond donors (Lipinski definition) is 1. The SMILES string of the molecule is Cc1c([C@@H]2CNCCO2)ccc2c1COC2=O. The minimum Gasteiger partial charge on any atom is -0.457 e. The van der Waals surface area contributed by atoms with Crippen molar-refractivity contribution in [2.75, 3.05) is 19.7 Å². The summed E-state index contributed by atoms with van der Waals surface area (Å²) < 4.78 is 10.8. The molecule has 1 saturated heterocycles. The molecule has 2 heterocycles. The van der Waals surface area contributed by atoms with Crippen molar-refractivity contribution in [3.05, 3.63) is 34.4 Å². The van der Waals surface area contributed by atoms with Crippen LogP contribution in [-0.2, 0) is 16.1 Å². The molecule has 2 aliphatic rings. The maximum absolute atomic E-state index is 11.4. The van der Waals surface area contributed by atoms with Gasteiger partial charge in [0.05, 0.1) is 18.3 Å². The highest BCUT2D eigenvalue weighted by molar-refractivity contribution is 5.93. The summed E-state index contributed by atoms with van der Waals surface area (Å²) in [6.07, 6.45) is 0.0877. The zero-order chi connectivity index (χ0) is 11.8. The first-order valence-corrected chi connectivity index (χ1v) is 5.89. The number of esters is 1. The molecule has 17 heavy (non-hydrogen) atoms. The number of fused-ring (bicyclic) bond motifs is 1. The smallest absolute Gasteiger partial charge is 0.338 e. The molecule has 1 atom stereocenters. The molecule has 90 valence electrons. The fraction of sp³-hybridized carbons (Fsp3) is 0.462. The van der Waals surface area contributed by atoms with Crippen molar-refractivity contribution in [1.29, 1.82) is 0 Å². The van der Waals surface area contributed by atoms with E-state index in [2.05, 4.69) is 5.32 Å². The van der Waals surface area contributed by atoms with Gasteiger partial charge in [0.2, 0.25) is 0 Å². The van der Waals surface area contributed by atoms with E-state index in [-0.39, 0.29) is 12.1 Å². The van der Waals surface area contributed by atoms with Gasteiger partial charge in [0.15, 0.2) is 0 Å². The van der Waals surface area contributed by atoms with Gasteiger partial charge in [0.1, 0.15) is 6.61 Å². The average molecular weight is 233 g/mol.